The molecule has 2 amide bonds. The lowest BCUT2D eigenvalue weighted by Crippen LogP contribution is -2.33. The zero-order valence-corrected chi connectivity index (χ0v) is 18.8. The summed E-state index contributed by atoms with van der Waals surface area (Å²) in [6, 6.07) is 14.5. The monoisotopic (exact) mass is 445 g/mol. The number of hydrogen-bond donors (Lipinski definition) is 0. The second-order valence-corrected chi connectivity index (χ2v) is 8.58. The van der Waals surface area contributed by atoms with Crippen molar-refractivity contribution in [3.8, 4) is 5.75 Å². The fourth-order valence-electron chi connectivity index (χ4n) is 3.07. The Labute approximate surface area is 186 Å². The van der Waals surface area contributed by atoms with E-state index in [0.29, 0.717) is 40.6 Å². The predicted molar refractivity (Wildman–Crippen MR) is 120 cm³/mol. The van der Waals surface area contributed by atoms with Gasteiger partial charge in [-0.15, -0.1) is 0 Å². The summed E-state index contributed by atoms with van der Waals surface area (Å²) in [6.07, 6.45) is 0.637. The SMILES string of the molecule is COCCCN1C(=O)C(Sc2ccc(Cl)cc2)=C(c2ccc(OC(C)C)cc2)C1=O. The zero-order chi connectivity index (χ0) is 21.7. The first kappa shape index (κ1) is 22.4. The lowest BCUT2D eigenvalue weighted by Gasteiger charge is -2.14. The van der Waals surface area contributed by atoms with E-state index in [9.17, 15) is 9.59 Å². The van der Waals surface area contributed by atoms with Gasteiger partial charge in [0.1, 0.15) is 5.75 Å². The smallest absolute Gasteiger partial charge is 0.268 e. The van der Waals surface area contributed by atoms with Crippen molar-refractivity contribution in [1.82, 2.24) is 4.90 Å². The van der Waals surface area contributed by atoms with Crippen molar-refractivity contribution in [3.05, 3.63) is 64.0 Å². The molecule has 0 radical (unpaired) electrons. The van der Waals surface area contributed by atoms with Crippen LogP contribution in [0.1, 0.15) is 25.8 Å². The quantitative estimate of drug-likeness (QED) is 0.400. The number of thioether (sulfide) groups is 1. The van der Waals surface area contributed by atoms with Gasteiger partial charge < -0.3 is 9.47 Å². The maximum Gasteiger partial charge on any atom is 0.268 e. The number of carbonyl (C=O) groups is 2. The van der Waals surface area contributed by atoms with Gasteiger partial charge in [0, 0.05) is 30.2 Å². The molecule has 158 valence electrons. The van der Waals surface area contributed by atoms with E-state index in [1.807, 2.05) is 50.2 Å². The van der Waals surface area contributed by atoms with Gasteiger partial charge in [-0.2, -0.15) is 0 Å². The molecule has 0 aliphatic carbocycles. The van der Waals surface area contributed by atoms with Gasteiger partial charge in [0.2, 0.25) is 0 Å². The molecule has 0 aromatic heterocycles. The molecular formula is C23H24ClNO4S. The molecule has 1 aliphatic heterocycles. The first-order valence-electron chi connectivity index (χ1n) is 9.70. The number of amides is 2. The van der Waals surface area contributed by atoms with Crippen molar-refractivity contribution in [2.45, 2.75) is 31.3 Å². The van der Waals surface area contributed by atoms with Crippen LogP contribution in [0, 0.1) is 0 Å². The summed E-state index contributed by atoms with van der Waals surface area (Å²) in [5, 5.41) is 0.615. The third-order valence-electron chi connectivity index (χ3n) is 4.40. The Bertz CT molecular complexity index is 939. The number of ether oxygens (including phenoxy) is 2. The van der Waals surface area contributed by atoms with E-state index >= 15 is 0 Å². The predicted octanol–water partition coefficient (Wildman–Crippen LogP) is 5.04. The topological polar surface area (TPSA) is 55.8 Å². The van der Waals surface area contributed by atoms with Crippen LogP contribution in [0.4, 0.5) is 0 Å². The van der Waals surface area contributed by atoms with Crippen LogP contribution >= 0.6 is 23.4 Å². The van der Waals surface area contributed by atoms with Crippen molar-refractivity contribution in [2.24, 2.45) is 0 Å². The number of benzene rings is 2. The number of rotatable bonds is 9. The molecule has 0 unspecified atom stereocenters. The Balaban J connectivity index is 1.95. The number of nitrogens with zero attached hydrogens (tertiary/aromatic N) is 1. The minimum Gasteiger partial charge on any atom is -0.491 e. The average Bonchev–Trinajstić information content (AvgIpc) is 2.94. The van der Waals surface area contributed by atoms with Gasteiger partial charge >= 0.3 is 0 Å². The third-order valence-corrected chi connectivity index (χ3v) is 5.75. The molecule has 0 bridgehead atoms. The summed E-state index contributed by atoms with van der Waals surface area (Å²) in [7, 11) is 1.60. The number of imide groups is 1. The summed E-state index contributed by atoms with van der Waals surface area (Å²) in [6.45, 7) is 4.70. The standard InChI is InChI=1S/C23H24ClNO4S/c1-15(2)29-18-9-5-16(6-10-18)20-21(30-19-11-7-17(24)8-12-19)23(27)25(22(20)26)13-4-14-28-3/h5-12,15H,4,13-14H2,1-3H3. The number of carbonyl (C=O) groups excluding carboxylic acids is 2. The van der Waals surface area contributed by atoms with E-state index in [-0.39, 0.29) is 17.9 Å². The minimum absolute atomic E-state index is 0.0528. The second kappa shape index (κ2) is 10.2. The molecule has 2 aromatic carbocycles. The molecule has 0 N–H and O–H groups in total. The summed E-state index contributed by atoms with van der Waals surface area (Å²) in [4.78, 5) is 28.8. The molecule has 0 saturated carbocycles. The van der Waals surface area contributed by atoms with Crippen molar-refractivity contribution >= 4 is 40.8 Å². The molecule has 1 aliphatic rings. The number of halogens is 1. The van der Waals surface area contributed by atoms with Crippen LogP contribution in [0.15, 0.2) is 58.3 Å². The van der Waals surface area contributed by atoms with Crippen molar-refractivity contribution in [2.75, 3.05) is 20.3 Å². The highest BCUT2D eigenvalue weighted by Crippen LogP contribution is 2.40. The molecule has 3 rings (SSSR count). The van der Waals surface area contributed by atoms with E-state index in [4.69, 9.17) is 21.1 Å². The maximum absolute atomic E-state index is 13.2. The Kier molecular flexibility index (Phi) is 7.58. The van der Waals surface area contributed by atoms with Crippen molar-refractivity contribution < 1.29 is 19.1 Å². The minimum atomic E-state index is -0.287. The van der Waals surface area contributed by atoms with Gasteiger partial charge in [0.15, 0.2) is 0 Å². The lowest BCUT2D eigenvalue weighted by atomic mass is 10.1. The van der Waals surface area contributed by atoms with Crippen molar-refractivity contribution in [1.29, 1.82) is 0 Å². The van der Waals surface area contributed by atoms with E-state index in [1.54, 1.807) is 19.2 Å². The Morgan fingerprint density at radius 2 is 1.67 bits per heavy atom. The maximum atomic E-state index is 13.2. The Morgan fingerprint density at radius 1 is 1.00 bits per heavy atom. The average molecular weight is 446 g/mol. The van der Waals surface area contributed by atoms with Gasteiger partial charge in [-0.1, -0.05) is 35.5 Å². The highest BCUT2D eigenvalue weighted by Gasteiger charge is 2.39. The largest absolute Gasteiger partial charge is 0.491 e. The van der Waals surface area contributed by atoms with Crippen LogP contribution < -0.4 is 4.74 Å². The summed E-state index contributed by atoms with van der Waals surface area (Å²) >= 11 is 7.25. The fraction of sp³-hybridized carbons (Fsp3) is 0.304. The van der Waals surface area contributed by atoms with Gasteiger partial charge in [-0.05, 0) is 62.2 Å². The van der Waals surface area contributed by atoms with Gasteiger partial charge in [-0.3, -0.25) is 14.5 Å². The first-order valence-corrected chi connectivity index (χ1v) is 10.9. The Morgan fingerprint density at radius 3 is 2.27 bits per heavy atom. The molecule has 7 heteroatoms. The van der Waals surface area contributed by atoms with Crippen LogP contribution in [0.3, 0.4) is 0 Å². The van der Waals surface area contributed by atoms with Crippen LogP contribution in [-0.2, 0) is 14.3 Å². The molecule has 30 heavy (non-hydrogen) atoms. The molecule has 0 atom stereocenters. The van der Waals surface area contributed by atoms with Crippen molar-refractivity contribution in [3.63, 3.8) is 0 Å². The van der Waals surface area contributed by atoms with E-state index in [0.717, 1.165) is 10.6 Å². The van der Waals surface area contributed by atoms with E-state index in [1.165, 1.54) is 16.7 Å². The summed E-state index contributed by atoms with van der Waals surface area (Å²) < 4.78 is 10.8. The fourth-order valence-corrected chi connectivity index (χ4v) is 4.20. The van der Waals surface area contributed by atoms with Gasteiger partial charge in [0.25, 0.3) is 11.8 Å². The van der Waals surface area contributed by atoms with Gasteiger partial charge in [-0.25, -0.2) is 0 Å². The highest BCUT2D eigenvalue weighted by atomic mass is 35.5. The lowest BCUT2D eigenvalue weighted by molar-refractivity contribution is -0.136. The van der Waals surface area contributed by atoms with E-state index in [2.05, 4.69) is 0 Å². The molecule has 1 heterocycles. The van der Waals surface area contributed by atoms with E-state index < -0.39 is 0 Å². The highest BCUT2D eigenvalue weighted by molar-refractivity contribution is 8.04. The van der Waals surface area contributed by atoms with Crippen LogP contribution in [0.2, 0.25) is 5.02 Å². The molecular weight excluding hydrogens is 422 g/mol. The van der Waals surface area contributed by atoms with Gasteiger partial charge in [0.05, 0.1) is 16.6 Å². The van der Waals surface area contributed by atoms with Crippen LogP contribution in [-0.4, -0.2) is 43.1 Å². The third kappa shape index (κ3) is 5.25. The zero-order valence-electron chi connectivity index (χ0n) is 17.2. The normalized spacial score (nSPS) is 14.2. The number of hydrogen-bond acceptors (Lipinski definition) is 5. The first-order chi connectivity index (χ1) is 14.4. The molecule has 0 spiro atoms. The molecule has 0 fully saturated rings. The molecule has 5 nitrogen and oxygen atoms in total. The summed E-state index contributed by atoms with van der Waals surface area (Å²) in [5.74, 6) is 0.147. The summed E-state index contributed by atoms with van der Waals surface area (Å²) in [5.41, 5.74) is 1.10. The second-order valence-electron chi connectivity index (χ2n) is 7.06. The number of methoxy groups -OCH3 is 1. The Hall–Kier alpha value is -2.28. The van der Waals surface area contributed by atoms with Crippen LogP contribution in [0.25, 0.3) is 5.57 Å². The molecule has 0 saturated heterocycles. The molecule has 2 aromatic rings. The van der Waals surface area contributed by atoms with Crippen LogP contribution in [0.5, 0.6) is 5.75 Å².